The van der Waals surface area contributed by atoms with E-state index in [-0.39, 0.29) is 29.4 Å². The van der Waals surface area contributed by atoms with Crippen molar-refractivity contribution in [2.45, 2.75) is 18.2 Å². The first-order chi connectivity index (χ1) is 7.85. The summed E-state index contributed by atoms with van der Waals surface area (Å²) in [5.41, 5.74) is 0. The van der Waals surface area contributed by atoms with Gasteiger partial charge in [0.1, 0.15) is 0 Å². The van der Waals surface area contributed by atoms with Crippen LogP contribution in [0.5, 0.6) is 0 Å². The number of thioether (sulfide) groups is 1. The van der Waals surface area contributed by atoms with Gasteiger partial charge in [0.2, 0.25) is 0 Å². The molecule has 0 bridgehead atoms. The molecule has 0 fully saturated rings. The van der Waals surface area contributed by atoms with Crippen LogP contribution >= 0.6 is 24.4 Å². The predicted octanol–water partition coefficient (Wildman–Crippen LogP) is -0.248. The lowest BCUT2D eigenvalue weighted by molar-refractivity contribution is -0.111. The van der Waals surface area contributed by atoms with E-state index in [1.54, 1.807) is 0 Å². The number of aliphatic hydroxyl groups excluding tert-OH is 1. The molecule has 0 spiro atoms. The molecule has 0 aromatic heterocycles. The molecular weight excluding hydrogens is 286 g/mol. The van der Waals surface area contributed by atoms with E-state index >= 15 is 0 Å². The number of hydrogen-bond acceptors (Lipinski definition) is 7. The van der Waals surface area contributed by atoms with Crippen LogP contribution in [0.1, 0.15) is 12.8 Å². The van der Waals surface area contributed by atoms with E-state index in [9.17, 15) is 13.2 Å². The quantitative estimate of drug-likeness (QED) is 0.264. The minimum atomic E-state index is -3.96. The summed E-state index contributed by atoms with van der Waals surface area (Å²) in [6.07, 6.45) is 0.756. The second-order valence-electron chi connectivity index (χ2n) is 3.27. The van der Waals surface area contributed by atoms with Gasteiger partial charge in [-0.1, -0.05) is 11.8 Å². The van der Waals surface area contributed by atoms with Crippen LogP contribution in [0.4, 0.5) is 0 Å². The summed E-state index contributed by atoms with van der Waals surface area (Å²) in [6.45, 7) is 0.0710. The van der Waals surface area contributed by atoms with Gasteiger partial charge in [-0.05, 0) is 6.42 Å². The maximum Gasteiger partial charge on any atom is 0.266 e. The molecule has 102 valence electrons. The first kappa shape index (κ1) is 17.2. The molecule has 0 amide bonds. The molecule has 3 N–H and O–H groups in total. The molecule has 0 aliphatic carbocycles. The Morgan fingerprint density at radius 3 is 2.65 bits per heavy atom. The fourth-order valence-corrected chi connectivity index (χ4v) is 2.36. The number of rotatable bonds is 9. The van der Waals surface area contributed by atoms with E-state index in [4.69, 9.17) is 9.66 Å². The van der Waals surface area contributed by atoms with Crippen molar-refractivity contribution < 1.29 is 22.9 Å². The maximum atomic E-state index is 11.2. The highest BCUT2D eigenvalue weighted by Crippen LogP contribution is 2.10. The van der Waals surface area contributed by atoms with E-state index in [0.29, 0.717) is 18.6 Å². The van der Waals surface area contributed by atoms with Crippen molar-refractivity contribution in [3.63, 3.8) is 0 Å². The zero-order valence-corrected chi connectivity index (χ0v) is 11.7. The van der Waals surface area contributed by atoms with Crippen LogP contribution in [0.2, 0.25) is 0 Å². The van der Waals surface area contributed by atoms with Crippen LogP contribution in [0, 0.1) is 0 Å². The summed E-state index contributed by atoms with van der Waals surface area (Å²) in [7, 11) is -3.96. The molecule has 0 aromatic carbocycles. The van der Waals surface area contributed by atoms with Gasteiger partial charge in [0.15, 0.2) is 5.12 Å². The molecule has 17 heavy (non-hydrogen) atoms. The molecule has 0 aromatic rings. The van der Waals surface area contributed by atoms with Gasteiger partial charge in [0.25, 0.3) is 10.1 Å². The first-order valence-electron chi connectivity index (χ1n) is 4.98. The Labute approximate surface area is 111 Å². The van der Waals surface area contributed by atoms with E-state index in [1.807, 2.05) is 0 Å². The van der Waals surface area contributed by atoms with Crippen LogP contribution in [0.3, 0.4) is 0 Å². The van der Waals surface area contributed by atoms with E-state index in [0.717, 1.165) is 11.8 Å². The Bertz CT molecular complexity index is 319. The smallest absolute Gasteiger partial charge is 0.266 e. The molecule has 0 aliphatic heterocycles. The summed E-state index contributed by atoms with van der Waals surface area (Å²) >= 11 is 5.20. The molecule has 0 saturated heterocycles. The fraction of sp³-hybridized carbons (Fsp3) is 0.875. The number of carbonyl (C=O) groups excluding carboxylic acids is 1. The third-order valence-corrected chi connectivity index (χ3v) is 4.04. The monoisotopic (exact) mass is 303 g/mol. The van der Waals surface area contributed by atoms with Crippen LogP contribution in [-0.4, -0.2) is 53.2 Å². The second kappa shape index (κ2) is 9.17. The minimum Gasteiger partial charge on any atom is -0.396 e. The van der Waals surface area contributed by atoms with Crippen molar-refractivity contribution in [1.29, 1.82) is 0 Å². The number of carbonyl (C=O) groups is 1. The van der Waals surface area contributed by atoms with E-state index < -0.39 is 10.1 Å². The molecule has 1 unspecified atom stereocenters. The lowest BCUT2D eigenvalue weighted by atomic mass is 10.3. The highest BCUT2D eigenvalue weighted by atomic mass is 32.2. The van der Waals surface area contributed by atoms with Gasteiger partial charge in [-0.25, -0.2) is 0 Å². The molecule has 9 heteroatoms. The van der Waals surface area contributed by atoms with Gasteiger partial charge >= 0.3 is 0 Å². The highest BCUT2D eigenvalue weighted by Gasteiger charge is 2.09. The normalized spacial score (nSPS) is 13.6. The van der Waals surface area contributed by atoms with Crippen LogP contribution < -0.4 is 5.32 Å². The molecular formula is C8H17NO5S3. The molecule has 0 heterocycles. The van der Waals surface area contributed by atoms with Crippen molar-refractivity contribution in [1.82, 2.24) is 5.32 Å². The van der Waals surface area contributed by atoms with E-state index in [2.05, 4.69) is 17.9 Å². The highest BCUT2D eigenvalue weighted by molar-refractivity contribution is 8.14. The molecule has 0 saturated carbocycles. The van der Waals surface area contributed by atoms with Gasteiger partial charge in [0, 0.05) is 25.3 Å². The average molecular weight is 303 g/mol. The van der Waals surface area contributed by atoms with Gasteiger partial charge in [0.05, 0.1) is 11.1 Å². The molecule has 6 nitrogen and oxygen atoms in total. The van der Waals surface area contributed by atoms with E-state index in [1.165, 1.54) is 0 Å². The largest absolute Gasteiger partial charge is 0.396 e. The van der Waals surface area contributed by atoms with Crippen molar-refractivity contribution in [2.75, 3.05) is 24.7 Å². The van der Waals surface area contributed by atoms with Crippen molar-refractivity contribution in [3.05, 3.63) is 0 Å². The summed E-state index contributed by atoms with van der Waals surface area (Å²) in [6, 6.07) is 0. The lowest BCUT2D eigenvalue weighted by Crippen LogP contribution is -2.31. The fourth-order valence-electron chi connectivity index (χ4n) is 0.881. The zero-order chi connectivity index (χ0) is 13.3. The lowest BCUT2D eigenvalue weighted by Gasteiger charge is -2.11. The minimum absolute atomic E-state index is 0.0107. The Morgan fingerprint density at radius 2 is 2.12 bits per heavy atom. The number of hydrogen-bond donors (Lipinski definition) is 4. The number of nitrogens with one attached hydrogen (secondary N) is 1. The SMILES string of the molecule is O=C(CCCO)SCC(S)NCCS(=O)(=O)O. The van der Waals surface area contributed by atoms with Crippen LogP contribution in [-0.2, 0) is 14.9 Å². The Kier molecular flexibility index (Phi) is 9.28. The summed E-state index contributed by atoms with van der Waals surface area (Å²) in [5.74, 6) is 0.0199. The second-order valence-corrected chi connectivity index (χ2v) is 6.54. The van der Waals surface area contributed by atoms with Gasteiger partial charge in [-0.3, -0.25) is 9.35 Å². The first-order valence-corrected chi connectivity index (χ1v) is 8.09. The Hall–Kier alpha value is 0.200. The topological polar surface area (TPSA) is 104 Å². The molecule has 0 rings (SSSR count). The average Bonchev–Trinajstić information content (AvgIpc) is 2.21. The van der Waals surface area contributed by atoms with Gasteiger partial charge < -0.3 is 10.4 Å². The Balaban J connectivity index is 3.59. The van der Waals surface area contributed by atoms with Crippen molar-refractivity contribution in [3.8, 4) is 0 Å². The summed E-state index contributed by atoms with van der Waals surface area (Å²) in [4.78, 5) is 11.2. The van der Waals surface area contributed by atoms with Crippen molar-refractivity contribution >= 4 is 39.6 Å². The standard InChI is InChI=1S/C8H17NO5S3/c10-4-1-2-8(11)16-6-7(15)9-3-5-17(12,13)14/h7,9-10,15H,1-6H2,(H,12,13,14). The summed E-state index contributed by atoms with van der Waals surface area (Å²) in [5, 5.41) is 10.9. The van der Waals surface area contributed by atoms with Crippen molar-refractivity contribution in [2.24, 2.45) is 0 Å². The van der Waals surface area contributed by atoms with Crippen LogP contribution in [0.15, 0.2) is 0 Å². The number of thiol groups is 1. The third-order valence-electron chi connectivity index (χ3n) is 1.68. The Morgan fingerprint density at radius 1 is 1.47 bits per heavy atom. The predicted molar refractivity (Wildman–Crippen MR) is 71.0 cm³/mol. The van der Waals surface area contributed by atoms with Crippen LogP contribution in [0.25, 0.3) is 0 Å². The number of aliphatic hydroxyl groups is 1. The molecule has 0 radical (unpaired) electrons. The zero-order valence-electron chi connectivity index (χ0n) is 9.20. The molecule has 0 aliphatic rings. The van der Waals surface area contributed by atoms with Gasteiger partial charge in [-0.15, -0.1) is 0 Å². The molecule has 1 atom stereocenters. The maximum absolute atomic E-state index is 11.2. The third kappa shape index (κ3) is 12.4. The summed E-state index contributed by atoms with van der Waals surface area (Å²) < 4.78 is 29.3. The van der Waals surface area contributed by atoms with Gasteiger partial charge in [-0.2, -0.15) is 21.0 Å².